The predicted molar refractivity (Wildman–Crippen MR) is 154 cm³/mol. The largest absolute Gasteiger partial charge is 0.507 e. The van der Waals surface area contributed by atoms with Gasteiger partial charge in [-0.15, -0.1) is 0 Å². The standard InChI is InChI=1S/C32H26N2O6/c1-20(16-23-4-2-6-25(29(23)35)18-33-27-12-8-21(9-13-27)31(37)38)17-24-5-3-7-26(30(24)36)19-34-28-14-10-22(11-15-28)32(39)40/h2-15,18-19,35-36H,1,16-17H2,(H,37,38)(H,39,40). The Labute approximate surface area is 230 Å². The van der Waals surface area contributed by atoms with E-state index < -0.39 is 11.9 Å². The first-order valence-electron chi connectivity index (χ1n) is 12.2. The van der Waals surface area contributed by atoms with Crippen LogP contribution >= 0.6 is 0 Å². The summed E-state index contributed by atoms with van der Waals surface area (Å²) in [6.45, 7) is 4.13. The van der Waals surface area contributed by atoms with E-state index in [1.165, 1.54) is 36.7 Å². The molecule has 8 nitrogen and oxygen atoms in total. The minimum atomic E-state index is -1.01. The number of para-hydroxylation sites is 2. The number of hydrogen-bond acceptors (Lipinski definition) is 6. The van der Waals surface area contributed by atoms with E-state index in [-0.39, 0.29) is 22.6 Å². The SMILES string of the molecule is C=C(Cc1cccc(C=Nc2ccc(C(=O)O)cc2)c1O)Cc1cccc(C=Nc2ccc(C(=O)O)cc2)c1O. The van der Waals surface area contributed by atoms with Gasteiger partial charge in [0.2, 0.25) is 0 Å². The summed E-state index contributed by atoms with van der Waals surface area (Å²) in [7, 11) is 0. The van der Waals surface area contributed by atoms with Gasteiger partial charge in [0, 0.05) is 23.6 Å². The smallest absolute Gasteiger partial charge is 0.335 e. The van der Waals surface area contributed by atoms with Gasteiger partial charge in [0.15, 0.2) is 0 Å². The van der Waals surface area contributed by atoms with Gasteiger partial charge in [-0.3, -0.25) is 9.98 Å². The van der Waals surface area contributed by atoms with Crippen LogP contribution < -0.4 is 0 Å². The van der Waals surface area contributed by atoms with E-state index >= 15 is 0 Å². The highest BCUT2D eigenvalue weighted by atomic mass is 16.4. The van der Waals surface area contributed by atoms with E-state index in [1.807, 2.05) is 0 Å². The molecule has 0 spiro atoms. The minimum absolute atomic E-state index is 0.0635. The molecule has 0 atom stereocenters. The molecule has 0 heterocycles. The number of phenols is 2. The Morgan fingerprint density at radius 2 is 1.00 bits per heavy atom. The number of carboxylic acids is 2. The fraction of sp³-hybridized carbons (Fsp3) is 0.0625. The molecule has 0 radical (unpaired) electrons. The van der Waals surface area contributed by atoms with Crippen molar-refractivity contribution in [2.24, 2.45) is 9.98 Å². The fourth-order valence-corrected chi connectivity index (χ4v) is 3.99. The average molecular weight is 535 g/mol. The van der Waals surface area contributed by atoms with Crippen LogP contribution in [-0.4, -0.2) is 44.8 Å². The molecule has 0 aliphatic rings. The number of allylic oxidation sites excluding steroid dienone is 1. The first-order valence-corrected chi connectivity index (χ1v) is 12.2. The molecular weight excluding hydrogens is 508 g/mol. The monoisotopic (exact) mass is 534 g/mol. The van der Waals surface area contributed by atoms with Crippen molar-refractivity contribution in [2.75, 3.05) is 0 Å². The van der Waals surface area contributed by atoms with Crippen molar-refractivity contribution in [3.8, 4) is 11.5 Å². The van der Waals surface area contributed by atoms with Crippen molar-refractivity contribution in [2.45, 2.75) is 12.8 Å². The summed E-state index contributed by atoms with van der Waals surface area (Å²) in [6.07, 6.45) is 3.77. The molecule has 0 amide bonds. The Morgan fingerprint density at radius 3 is 1.35 bits per heavy atom. The molecule has 4 N–H and O–H groups in total. The molecule has 200 valence electrons. The van der Waals surface area contributed by atoms with E-state index in [0.29, 0.717) is 46.5 Å². The molecule has 0 fully saturated rings. The number of aromatic hydroxyl groups is 2. The Balaban J connectivity index is 1.43. The first kappa shape index (κ1) is 27.5. The zero-order chi connectivity index (χ0) is 28.6. The maximum atomic E-state index is 11.0. The molecule has 0 saturated heterocycles. The fourth-order valence-electron chi connectivity index (χ4n) is 3.99. The van der Waals surface area contributed by atoms with Gasteiger partial charge in [-0.2, -0.15) is 0 Å². The topological polar surface area (TPSA) is 140 Å². The van der Waals surface area contributed by atoms with Crippen molar-refractivity contribution in [3.05, 3.63) is 130 Å². The predicted octanol–water partition coefficient (Wildman–Crippen LogP) is 6.34. The van der Waals surface area contributed by atoms with Crippen LogP contribution in [0.3, 0.4) is 0 Å². The summed E-state index contributed by atoms with van der Waals surface area (Å²) in [4.78, 5) is 30.7. The quantitative estimate of drug-likeness (QED) is 0.138. The number of carboxylic acid groups (broad SMARTS) is 2. The molecule has 40 heavy (non-hydrogen) atoms. The third-order valence-electron chi connectivity index (χ3n) is 6.12. The number of aliphatic imine (C=N–C) groups is 2. The Kier molecular flexibility index (Phi) is 8.51. The lowest BCUT2D eigenvalue weighted by Gasteiger charge is -2.12. The lowest BCUT2D eigenvalue weighted by Crippen LogP contribution is -1.98. The van der Waals surface area contributed by atoms with Crippen molar-refractivity contribution in [1.29, 1.82) is 0 Å². The average Bonchev–Trinajstić information content (AvgIpc) is 2.94. The lowest BCUT2D eigenvalue weighted by molar-refractivity contribution is 0.0686. The second-order valence-corrected chi connectivity index (χ2v) is 9.03. The third-order valence-corrected chi connectivity index (χ3v) is 6.12. The summed E-state index contributed by atoms with van der Waals surface area (Å²) in [5, 5.41) is 39.7. The molecule has 0 saturated carbocycles. The Bertz CT molecular complexity index is 1500. The van der Waals surface area contributed by atoms with Crippen LogP contribution in [0.15, 0.2) is 107 Å². The third kappa shape index (κ3) is 6.87. The summed E-state index contributed by atoms with van der Waals surface area (Å²) in [5.74, 6) is -1.90. The molecule has 0 bridgehead atoms. The van der Waals surface area contributed by atoms with E-state index in [4.69, 9.17) is 10.2 Å². The van der Waals surface area contributed by atoms with Gasteiger partial charge in [0.05, 0.1) is 22.5 Å². The van der Waals surface area contributed by atoms with Crippen molar-refractivity contribution in [1.82, 2.24) is 0 Å². The maximum Gasteiger partial charge on any atom is 0.335 e. The number of benzene rings is 4. The van der Waals surface area contributed by atoms with Gasteiger partial charge in [0.1, 0.15) is 11.5 Å². The molecular formula is C32H26N2O6. The molecule has 0 aromatic heterocycles. The van der Waals surface area contributed by atoms with Gasteiger partial charge in [0.25, 0.3) is 0 Å². The normalized spacial score (nSPS) is 11.2. The molecule has 0 aliphatic heterocycles. The highest BCUT2D eigenvalue weighted by Crippen LogP contribution is 2.28. The van der Waals surface area contributed by atoms with Crippen LogP contribution in [-0.2, 0) is 12.8 Å². The van der Waals surface area contributed by atoms with E-state index in [2.05, 4.69) is 16.6 Å². The highest BCUT2D eigenvalue weighted by Gasteiger charge is 2.11. The molecule has 8 heteroatoms. The van der Waals surface area contributed by atoms with Crippen LogP contribution in [0.5, 0.6) is 11.5 Å². The molecule has 0 aliphatic carbocycles. The van der Waals surface area contributed by atoms with Gasteiger partial charge in [-0.25, -0.2) is 9.59 Å². The summed E-state index contributed by atoms with van der Waals surface area (Å²) < 4.78 is 0. The maximum absolute atomic E-state index is 11.0. The van der Waals surface area contributed by atoms with Crippen molar-refractivity contribution >= 4 is 35.7 Å². The van der Waals surface area contributed by atoms with E-state index in [1.54, 1.807) is 60.7 Å². The number of carbonyl (C=O) groups is 2. The zero-order valence-electron chi connectivity index (χ0n) is 21.4. The number of hydrogen-bond donors (Lipinski definition) is 4. The number of phenolic OH excluding ortho intramolecular Hbond substituents is 2. The molecule has 4 aromatic rings. The lowest BCUT2D eigenvalue weighted by atomic mass is 9.96. The second kappa shape index (κ2) is 12.4. The summed E-state index contributed by atoms with van der Waals surface area (Å²) >= 11 is 0. The van der Waals surface area contributed by atoms with Gasteiger partial charge < -0.3 is 20.4 Å². The van der Waals surface area contributed by atoms with Crippen molar-refractivity contribution in [3.63, 3.8) is 0 Å². The number of aromatic carboxylic acids is 2. The van der Waals surface area contributed by atoms with Gasteiger partial charge in [-0.05, 0) is 84.6 Å². The van der Waals surface area contributed by atoms with Gasteiger partial charge >= 0.3 is 11.9 Å². The molecule has 4 rings (SSSR count). The summed E-state index contributed by atoms with van der Waals surface area (Å²) in [5.41, 5.74) is 4.51. The van der Waals surface area contributed by atoms with E-state index in [9.17, 15) is 19.8 Å². The molecule has 4 aromatic carbocycles. The minimum Gasteiger partial charge on any atom is -0.507 e. The Morgan fingerprint density at radius 1 is 0.625 bits per heavy atom. The molecule has 0 unspecified atom stereocenters. The van der Waals surface area contributed by atoms with E-state index in [0.717, 1.165) is 5.57 Å². The number of nitrogens with zero attached hydrogens (tertiary/aromatic N) is 2. The van der Waals surface area contributed by atoms with Crippen LogP contribution in [0.2, 0.25) is 0 Å². The van der Waals surface area contributed by atoms with Gasteiger partial charge in [-0.1, -0.05) is 36.4 Å². The van der Waals surface area contributed by atoms with Crippen LogP contribution in [0.25, 0.3) is 0 Å². The first-order chi connectivity index (χ1) is 19.2. The second-order valence-electron chi connectivity index (χ2n) is 9.03. The van der Waals surface area contributed by atoms with Crippen LogP contribution in [0, 0.1) is 0 Å². The summed E-state index contributed by atoms with van der Waals surface area (Å²) in [6, 6.07) is 22.8. The number of rotatable bonds is 10. The Hall–Kier alpha value is -5.50. The van der Waals surface area contributed by atoms with Crippen molar-refractivity contribution < 1.29 is 30.0 Å². The van der Waals surface area contributed by atoms with Crippen LogP contribution in [0.1, 0.15) is 43.0 Å². The highest BCUT2D eigenvalue weighted by molar-refractivity contribution is 5.90. The van der Waals surface area contributed by atoms with Crippen LogP contribution in [0.4, 0.5) is 11.4 Å². The zero-order valence-corrected chi connectivity index (χ0v) is 21.4.